The van der Waals surface area contributed by atoms with Crippen LogP contribution in [0.1, 0.15) is 450 Å². The molecule has 0 aliphatic heterocycles. The van der Waals surface area contributed by atoms with Crippen LogP contribution in [0.15, 0.2) is 36.5 Å². The Kier molecular flexibility index (Phi) is 77.7. The van der Waals surface area contributed by atoms with E-state index in [1.807, 2.05) is 0 Å². The number of phosphoric ester groups is 1. The standard InChI is InChI=1S/C83H160NO8P/c1-3-5-7-9-11-13-15-17-19-21-23-25-27-29-31-33-35-37-39-40-42-43-45-47-49-51-53-55-57-59-61-63-65-67-69-71-73-75-82(85)89-79-81(80-91-93(87,88)90-78-77-84)92-83(86)76-74-72-70-68-66-64-62-60-58-56-54-52-50-48-46-44-41-38-36-34-32-30-28-26-24-22-20-18-16-14-12-10-8-6-4-2/h16,18,21-24,81H,3-15,17,19-20,25-80,84H2,1-2H3,(H,87,88)/b18-16-,23-21-,24-22-. The molecule has 2 unspecified atom stereocenters. The first-order valence-corrected chi connectivity index (χ1v) is 43.0. The van der Waals surface area contributed by atoms with Crippen LogP contribution in [0, 0.1) is 0 Å². The monoisotopic (exact) mass is 1330 g/mol. The molecule has 0 saturated heterocycles. The number of phosphoric acid groups is 1. The van der Waals surface area contributed by atoms with Crippen LogP contribution < -0.4 is 5.73 Å². The van der Waals surface area contributed by atoms with Gasteiger partial charge < -0.3 is 20.1 Å². The van der Waals surface area contributed by atoms with Gasteiger partial charge in [-0.05, 0) is 70.6 Å². The van der Waals surface area contributed by atoms with E-state index >= 15 is 0 Å². The maximum absolute atomic E-state index is 12.8. The summed E-state index contributed by atoms with van der Waals surface area (Å²) in [6.45, 7) is 3.82. The number of carbonyl (C=O) groups is 2. The van der Waals surface area contributed by atoms with E-state index < -0.39 is 26.5 Å². The molecular formula is C83H160NO8P. The fourth-order valence-electron chi connectivity index (χ4n) is 12.8. The molecule has 0 aliphatic rings. The predicted octanol–water partition coefficient (Wildman–Crippen LogP) is 27.8. The molecule has 93 heavy (non-hydrogen) atoms. The minimum atomic E-state index is -4.39. The first-order chi connectivity index (χ1) is 45.8. The number of ether oxygens (including phenoxy) is 2. The molecule has 0 aromatic heterocycles. The molecule has 9 nitrogen and oxygen atoms in total. The van der Waals surface area contributed by atoms with Gasteiger partial charge in [-0.1, -0.05) is 403 Å². The van der Waals surface area contributed by atoms with E-state index in [0.717, 1.165) is 38.5 Å². The lowest BCUT2D eigenvalue weighted by atomic mass is 10.0. The summed E-state index contributed by atoms with van der Waals surface area (Å²) in [5.74, 6) is -0.799. The molecule has 0 heterocycles. The van der Waals surface area contributed by atoms with Crippen LogP contribution >= 0.6 is 7.82 Å². The number of hydrogen-bond donors (Lipinski definition) is 2. The molecule has 0 amide bonds. The Labute approximate surface area is 579 Å². The third-order valence-electron chi connectivity index (χ3n) is 19.0. The number of carbonyl (C=O) groups excluding carboxylic acids is 2. The van der Waals surface area contributed by atoms with E-state index in [0.29, 0.717) is 6.42 Å². The fourth-order valence-corrected chi connectivity index (χ4v) is 13.6. The molecule has 0 aromatic rings. The first kappa shape index (κ1) is 91.2. The van der Waals surface area contributed by atoms with Crippen LogP contribution in [0.2, 0.25) is 0 Å². The Morgan fingerprint density at radius 3 is 0.828 bits per heavy atom. The van der Waals surface area contributed by atoms with Gasteiger partial charge in [-0.15, -0.1) is 0 Å². The van der Waals surface area contributed by atoms with Gasteiger partial charge in [0.15, 0.2) is 6.10 Å². The molecule has 550 valence electrons. The lowest BCUT2D eigenvalue weighted by Gasteiger charge is -2.19. The molecule has 0 saturated carbocycles. The molecule has 0 rings (SSSR count). The molecule has 10 heteroatoms. The number of hydrogen-bond acceptors (Lipinski definition) is 8. The van der Waals surface area contributed by atoms with Crippen molar-refractivity contribution >= 4 is 19.8 Å². The Morgan fingerprint density at radius 2 is 0.559 bits per heavy atom. The highest BCUT2D eigenvalue weighted by atomic mass is 31.2. The second kappa shape index (κ2) is 79.2. The van der Waals surface area contributed by atoms with Crippen LogP contribution in [-0.2, 0) is 32.7 Å². The molecule has 3 N–H and O–H groups in total. The second-order valence-corrected chi connectivity index (χ2v) is 29.8. The highest BCUT2D eigenvalue weighted by Crippen LogP contribution is 2.43. The zero-order valence-corrected chi connectivity index (χ0v) is 63.2. The third-order valence-corrected chi connectivity index (χ3v) is 20.0. The number of rotatable bonds is 80. The molecule has 0 aliphatic carbocycles. The summed E-state index contributed by atoms with van der Waals surface area (Å²) in [6.07, 6.45) is 102. The van der Waals surface area contributed by atoms with Gasteiger partial charge in [0.1, 0.15) is 6.61 Å². The quantitative estimate of drug-likeness (QED) is 0.0264. The minimum absolute atomic E-state index is 0.0569. The van der Waals surface area contributed by atoms with Gasteiger partial charge in [0.25, 0.3) is 0 Å². The summed E-state index contributed by atoms with van der Waals surface area (Å²) < 4.78 is 33.3. The van der Waals surface area contributed by atoms with Crippen molar-refractivity contribution in [1.82, 2.24) is 0 Å². The number of allylic oxidation sites excluding steroid dienone is 6. The zero-order chi connectivity index (χ0) is 67.2. The van der Waals surface area contributed by atoms with E-state index in [-0.39, 0.29) is 38.6 Å². The SMILES string of the molecule is CCCCCCC/C=C\C/C=C\CCCCCCCCCCCCCCCCCCCCCCCCCC(=O)OC(COC(=O)CCCCCCCCCCCCCCCCCCCCCCCCCCC/C=C\CCCCCCCCCC)COP(=O)(O)OCCN. The normalized spacial score (nSPS) is 12.9. The summed E-state index contributed by atoms with van der Waals surface area (Å²) in [7, 11) is -4.39. The predicted molar refractivity (Wildman–Crippen MR) is 404 cm³/mol. The summed E-state index contributed by atoms with van der Waals surface area (Å²) in [6, 6.07) is 0. The lowest BCUT2D eigenvalue weighted by molar-refractivity contribution is -0.161. The maximum Gasteiger partial charge on any atom is 0.472 e. The Hall–Kier alpha value is -1.77. The van der Waals surface area contributed by atoms with Crippen LogP contribution in [-0.4, -0.2) is 49.3 Å². The van der Waals surface area contributed by atoms with Crippen molar-refractivity contribution in [2.24, 2.45) is 5.73 Å². The van der Waals surface area contributed by atoms with Crippen molar-refractivity contribution in [1.29, 1.82) is 0 Å². The Balaban J connectivity index is 3.73. The van der Waals surface area contributed by atoms with Crippen LogP contribution in [0.4, 0.5) is 0 Å². The summed E-state index contributed by atoms with van der Waals surface area (Å²) in [4.78, 5) is 35.5. The second-order valence-electron chi connectivity index (χ2n) is 28.3. The van der Waals surface area contributed by atoms with Crippen LogP contribution in [0.5, 0.6) is 0 Å². The van der Waals surface area contributed by atoms with Crippen molar-refractivity contribution in [3.05, 3.63) is 36.5 Å². The number of unbranched alkanes of at least 4 members (excludes halogenated alkanes) is 61. The van der Waals surface area contributed by atoms with Gasteiger partial charge in [-0.2, -0.15) is 0 Å². The largest absolute Gasteiger partial charge is 0.472 e. The van der Waals surface area contributed by atoms with Gasteiger partial charge in [0, 0.05) is 19.4 Å². The van der Waals surface area contributed by atoms with Gasteiger partial charge in [-0.25, -0.2) is 4.57 Å². The van der Waals surface area contributed by atoms with E-state index in [9.17, 15) is 19.0 Å². The third kappa shape index (κ3) is 79.1. The average molecular weight is 1330 g/mol. The fraction of sp³-hybridized carbons (Fsp3) is 0.904. The Bertz CT molecular complexity index is 1620. The maximum atomic E-state index is 12.8. The first-order valence-electron chi connectivity index (χ1n) is 41.5. The van der Waals surface area contributed by atoms with Gasteiger partial charge >= 0.3 is 19.8 Å². The summed E-state index contributed by atoms with van der Waals surface area (Å²) in [5, 5.41) is 0. The van der Waals surface area contributed by atoms with Crippen molar-refractivity contribution in [2.75, 3.05) is 26.4 Å². The van der Waals surface area contributed by atoms with Crippen molar-refractivity contribution in [3.8, 4) is 0 Å². The molecular weight excluding hydrogens is 1170 g/mol. The molecule has 0 radical (unpaired) electrons. The molecule has 2 atom stereocenters. The van der Waals surface area contributed by atoms with Gasteiger partial charge in [0.2, 0.25) is 0 Å². The van der Waals surface area contributed by atoms with Gasteiger partial charge in [0.05, 0.1) is 13.2 Å². The molecule has 0 fully saturated rings. The van der Waals surface area contributed by atoms with Gasteiger partial charge in [-0.3, -0.25) is 18.6 Å². The number of nitrogens with two attached hydrogens (primary N) is 1. The van der Waals surface area contributed by atoms with E-state index in [4.69, 9.17) is 24.3 Å². The molecule has 0 spiro atoms. The summed E-state index contributed by atoms with van der Waals surface area (Å²) in [5.41, 5.74) is 5.42. The zero-order valence-electron chi connectivity index (χ0n) is 62.3. The minimum Gasteiger partial charge on any atom is -0.462 e. The van der Waals surface area contributed by atoms with Crippen molar-refractivity contribution in [3.63, 3.8) is 0 Å². The molecule has 0 bridgehead atoms. The van der Waals surface area contributed by atoms with E-state index in [1.165, 1.54) is 379 Å². The van der Waals surface area contributed by atoms with Crippen molar-refractivity contribution in [2.45, 2.75) is 457 Å². The van der Waals surface area contributed by atoms with Crippen LogP contribution in [0.25, 0.3) is 0 Å². The highest BCUT2D eigenvalue weighted by Gasteiger charge is 2.26. The Morgan fingerprint density at radius 1 is 0.323 bits per heavy atom. The number of esters is 2. The lowest BCUT2D eigenvalue weighted by Crippen LogP contribution is -2.29. The van der Waals surface area contributed by atoms with E-state index in [1.54, 1.807) is 0 Å². The molecule has 0 aromatic carbocycles. The topological polar surface area (TPSA) is 134 Å². The smallest absolute Gasteiger partial charge is 0.462 e. The van der Waals surface area contributed by atoms with Crippen LogP contribution in [0.3, 0.4) is 0 Å². The van der Waals surface area contributed by atoms with Crippen molar-refractivity contribution < 1.29 is 37.6 Å². The highest BCUT2D eigenvalue weighted by molar-refractivity contribution is 7.47. The summed E-state index contributed by atoms with van der Waals surface area (Å²) >= 11 is 0. The van der Waals surface area contributed by atoms with E-state index in [2.05, 4.69) is 50.3 Å². The average Bonchev–Trinajstić information content (AvgIpc) is 3.70.